The van der Waals surface area contributed by atoms with Gasteiger partial charge in [0.05, 0.1) is 6.54 Å². The van der Waals surface area contributed by atoms with Crippen LogP contribution in [0.2, 0.25) is 0 Å². The summed E-state index contributed by atoms with van der Waals surface area (Å²) in [6, 6.07) is 8.98. The van der Waals surface area contributed by atoms with Crippen LogP contribution in [-0.2, 0) is 6.42 Å². The summed E-state index contributed by atoms with van der Waals surface area (Å²) < 4.78 is 31.4. The molecule has 0 aliphatic rings. The number of carbonyl (C=O) groups excluding carboxylic acids is 1. The van der Waals surface area contributed by atoms with Gasteiger partial charge in [0.1, 0.15) is 12.4 Å². The lowest BCUT2D eigenvalue weighted by atomic mass is 10.1. The number of urea groups is 1. The van der Waals surface area contributed by atoms with E-state index in [1.165, 1.54) is 11.6 Å². The summed E-state index contributed by atoms with van der Waals surface area (Å²) in [5.74, 6) is -1.48. The van der Waals surface area contributed by atoms with Crippen LogP contribution >= 0.6 is 0 Å². The van der Waals surface area contributed by atoms with Gasteiger partial charge in [-0.15, -0.1) is 0 Å². The molecule has 0 saturated heterocycles. The van der Waals surface area contributed by atoms with E-state index in [0.717, 1.165) is 28.6 Å². The van der Waals surface area contributed by atoms with Gasteiger partial charge >= 0.3 is 6.03 Å². The Morgan fingerprint density at radius 3 is 2.74 bits per heavy atom. The van der Waals surface area contributed by atoms with Crippen LogP contribution in [0.1, 0.15) is 11.1 Å². The number of benzene rings is 2. The maximum atomic E-state index is 13.4. The van der Waals surface area contributed by atoms with E-state index in [2.05, 4.69) is 33.8 Å². The highest BCUT2D eigenvalue weighted by molar-refractivity contribution is 5.83. The molecule has 0 spiro atoms. The lowest BCUT2D eigenvalue weighted by molar-refractivity contribution is 0.236. The average Bonchev–Trinajstić information content (AvgIpc) is 3.02. The van der Waals surface area contributed by atoms with Gasteiger partial charge in [-0.1, -0.05) is 12.1 Å². The maximum absolute atomic E-state index is 13.4. The number of aromatic amines is 1. The molecule has 5 nitrogen and oxygen atoms in total. The molecule has 3 N–H and O–H groups in total. The van der Waals surface area contributed by atoms with Gasteiger partial charge in [-0.05, 0) is 42.7 Å². The van der Waals surface area contributed by atoms with Gasteiger partial charge in [0.2, 0.25) is 0 Å². The zero-order chi connectivity index (χ0) is 19.2. The largest absolute Gasteiger partial charge is 0.489 e. The third kappa shape index (κ3) is 4.97. The van der Waals surface area contributed by atoms with Gasteiger partial charge in [0, 0.05) is 29.7 Å². The van der Waals surface area contributed by atoms with Crippen molar-refractivity contribution in [1.82, 2.24) is 15.6 Å². The summed E-state index contributed by atoms with van der Waals surface area (Å²) >= 11 is 0. The number of hydrogen-bond donors (Lipinski definition) is 3. The van der Waals surface area contributed by atoms with Crippen molar-refractivity contribution < 1.29 is 18.3 Å². The Hall–Kier alpha value is -3.09. The number of halogens is 2. The van der Waals surface area contributed by atoms with Crippen molar-refractivity contribution in [3.63, 3.8) is 0 Å². The molecule has 0 atom stereocenters. The highest BCUT2D eigenvalue weighted by Gasteiger charge is 2.06. The summed E-state index contributed by atoms with van der Waals surface area (Å²) in [5.41, 5.74) is 3.41. The van der Waals surface area contributed by atoms with Crippen molar-refractivity contribution in [2.24, 2.45) is 0 Å². The fourth-order valence-corrected chi connectivity index (χ4v) is 2.80. The normalized spacial score (nSPS) is 10.8. The Kier molecular flexibility index (Phi) is 5.90. The third-order valence-corrected chi connectivity index (χ3v) is 4.14. The van der Waals surface area contributed by atoms with Crippen molar-refractivity contribution in [3.05, 3.63) is 65.4 Å². The smallest absolute Gasteiger partial charge is 0.314 e. The monoisotopic (exact) mass is 373 g/mol. The molecule has 142 valence electrons. The topological polar surface area (TPSA) is 66.2 Å². The zero-order valence-corrected chi connectivity index (χ0v) is 14.9. The minimum absolute atomic E-state index is 0.0480. The van der Waals surface area contributed by atoms with Gasteiger partial charge in [-0.25, -0.2) is 13.6 Å². The molecule has 2 aromatic carbocycles. The second kappa shape index (κ2) is 8.53. The highest BCUT2D eigenvalue weighted by Crippen LogP contribution is 2.19. The van der Waals surface area contributed by atoms with Crippen LogP contribution in [0.4, 0.5) is 13.6 Å². The molecular weight excluding hydrogens is 352 g/mol. The molecule has 3 rings (SSSR count). The lowest BCUT2D eigenvalue weighted by Crippen LogP contribution is -2.38. The first-order valence-electron chi connectivity index (χ1n) is 8.69. The summed E-state index contributed by atoms with van der Waals surface area (Å²) in [4.78, 5) is 15.0. The number of aryl methyl sites for hydroxylation is 1. The van der Waals surface area contributed by atoms with Crippen LogP contribution in [0.3, 0.4) is 0 Å². The first-order chi connectivity index (χ1) is 13.0. The van der Waals surface area contributed by atoms with Gasteiger partial charge in [0.15, 0.2) is 11.6 Å². The van der Waals surface area contributed by atoms with Crippen LogP contribution in [-0.4, -0.2) is 30.7 Å². The van der Waals surface area contributed by atoms with E-state index < -0.39 is 11.6 Å². The summed E-state index contributed by atoms with van der Waals surface area (Å²) in [7, 11) is 0. The Bertz CT molecular complexity index is 940. The van der Waals surface area contributed by atoms with Crippen molar-refractivity contribution in [1.29, 1.82) is 0 Å². The molecule has 0 aliphatic carbocycles. The minimum Gasteiger partial charge on any atom is -0.489 e. The molecule has 0 bridgehead atoms. The predicted molar refractivity (Wildman–Crippen MR) is 100.0 cm³/mol. The Balaban J connectivity index is 1.37. The van der Waals surface area contributed by atoms with Crippen LogP contribution in [0, 0.1) is 18.6 Å². The standard InChI is InChI=1S/C20H21F2N3O2/c1-13-2-4-16-14(12-25-18(16)10-13)6-7-23-20(26)24-8-9-27-19-5-3-15(21)11-17(19)22/h2-5,10-12,25H,6-9H2,1H3,(H2,23,24,26). The molecule has 1 heterocycles. The van der Waals surface area contributed by atoms with Crippen molar-refractivity contribution >= 4 is 16.9 Å². The molecule has 0 saturated carbocycles. The van der Waals surface area contributed by atoms with Crippen LogP contribution in [0.5, 0.6) is 5.75 Å². The van der Waals surface area contributed by atoms with E-state index in [9.17, 15) is 13.6 Å². The molecule has 2 amide bonds. The van der Waals surface area contributed by atoms with E-state index in [0.29, 0.717) is 13.0 Å². The average molecular weight is 373 g/mol. The number of rotatable bonds is 7. The summed E-state index contributed by atoms with van der Waals surface area (Å²) in [5, 5.41) is 6.55. The molecule has 1 aromatic heterocycles. The van der Waals surface area contributed by atoms with E-state index in [-0.39, 0.29) is 24.9 Å². The first-order valence-corrected chi connectivity index (χ1v) is 8.69. The van der Waals surface area contributed by atoms with Crippen molar-refractivity contribution in [3.8, 4) is 5.75 Å². The molecule has 27 heavy (non-hydrogen) atoms. The van der Waals surface area contributed by atoms with Crippen LogP contribution in [0.25, 0.3) is 10.9 Å². The summed E-state index contributed by atoms with van der Waals surface area (Å²) in [6.45, 7) is 2.81. The molecular formula is C20H21F2N3O2. The number of ether oxygens (including phenoxy) is 1. The highest BCUT2D eigenvalue weighted by atomic mass is 19.1. The fraction of sp³-hybridized carbons (Fsp3) is 0.250. The predicted octanol–water partition coefficient (Wildman–Crippen LogP) is 3.68. The molecule has 0 radical (unpaired) electrons. The Labute approximate surface area is 155 Å². The number of fused-ring (bicyclic) bond motifs is 1. The second-order valence-electron chi connectivity index (χ2n) is 6.22. The first kappa shape index (κ1) is 18.7. The summed E-state index contributed by atoms with van der Waals surface area (Å²) in [6.07, 6.45) is 2.66. The lowest BCUT2D eigenvalue weighted by Gasteiger charge is -2.09. The van der Waals surface area contributed by atoms with E-state index in [1.807, 2.05) is 13.1 Å². The fourth-order valence-electron chi connectivity index (χ4n) is 2.80. The zero-order valence-electron chi connectivity index (χ0n) is 14.9. The Morgan fingerprint density at radius 2 is 1.93 bits per heavy atom. The van der Waals surface area contributed by atoms with E-state index in [4.69, 9.17) is 4.74 Å². The van der Waals surface area contributed by atoms with Crippen LogP contribution < -0.4 is 15.4 Å². The minimum atomic E-state index is -0.770. The van der Waals surface area contributed by atoms with Gasteiger partial charge in [0.25, 0.3) is 0 Å². The Morgan fingerprint density at radius 1 is 1.11 bits per heavy atom. The maximum Gasteiger partial charge on any atom is 0.314 e. The number of hydrogen-bond acceptors (Lipinski definition) is 2. The number of aromatic nitrogens is 1. The number of amides is 2. The molecule has 3 aromatic rings. The second-order valence-corrected chi connectivity index (χ2v) is 6.22. The quantitative estimate of drug-likeness (QED) is 0.553. The van der Waals surface area contributed by atoms with Gasteiger partial charge in [-0.3, -0.25) is 0 Å². The van der Waals surface area contributed by atoms with Gasteiger partial charge < -0.3 is 20.4 Å². The van der Waals surface area contributed by atoms with Crippen molar-refractivity contribution in [2.45, 2.75) is 13.3 Å². The van der Waals surface area contributed by atoms with Crippen LogP contribution in [0.15, 0.2) is 42.6 Å². The number of carbonyl (C=O) groups is 1. The SMILES string of the molecule is Cc1ccc2c(CCNC(=O)NCCOc3ccc(F)cc3F)c[nH]c2c1. The number of nitrogens with one attached hydrogen (secondary N) is 3. The number of H-pyrrole nitrogens is 1. The van der Waals surface area contributed by atoms with Gasteiger partial charge in [-0.2, -0.15) is 0 Å². The van der Waals surface area contributed by atoms with E-state index >= 15 is 0 Å². The van der Waals surface area contributed by atoms with E-state index in [1.54, 1.807) is 0 Å². The molecule has 0 aliphatic heterocycles. The third-order valence-electron chi connectivity index (χ3n) is 4.14. The molecule has 0 unspecified atom stereocenters. The molecule has 0 fully saturated rings. The molecule has 7 heteroatoms. The van der Waals surface area contributed by atoms with Crippen molar-refractivity contribution in [2.75, 3.05) is 19.7 Å².